The van der Waals surface area contributed by atoms with Gasteiger partial charge in [-0.05, 0) is 12.5 Å². The summed E-state index contributed by atoms with van der Waals surface area (Å²) >= 11 is 0. The number of aliphatic hydroxyl groups excluding tert-OH is 1. The Morgan fingerprint density at radius 3 is 2.72 bits per heavy atom. The van der Waals surface area contributed by atoms with Crippen LogP contribution in [0.1, 0.15) is 18.6 Å². The highest BCUT2D eigenvalue weighted by Gasteiger charge is 2.05. The fourth-order valence-corrected chi connectivity index (χ4v) is 1.48. The molecule has 98 valence electrons. The third-order valence-electron chi connectivity index (χ3n) is 2.58. The maximum absolute atomic E-state index is 11.1. The van der Waals surface area contributed by atoms with Crippen molar-refractivity contribution in [2.75, 3.05) is 20.2 Å². The van der Waals surface area contributed by atoms with Crippen LogP contribution in [0.4, 0.5) is 0 Å². The number of ether oxygens (including phenoxy) is 1. The lowest BCUT2D eigenvalue weighted by molar-refractivity contribution is -0.136. The van der Waals surface area contributed by atoms with Crippen LogP contribution in [0.3, 0.4) is 0 Å². The monoisotopic (exact) mass is 249 g/mol. The van der Waals surface area contributed by atoms with E-state index in [1.165, 1.54) is 7.11 Å². The second-order valence-electron chi connectivity index (χ2n) is 3.96. The molecular formula is C14H19NO3. The number of hydrogen-bond donors (Lipinski definition) is 2. The van der Waals surface area contributed by atoms with E-state index in [0.29, 0.717) is 18.7 Å². The lowest BCUT2D eigenvalue weighted by Crippen LogP contribution is -2.22. The first-order chi connectivity index (χ1) is 8.65. The number of benzene rings is 1. The van der Waals surface area contributed by atoms with E-state index >= 15 is 0 Å². The van der Waals surface area contributed by atoms with Gasteiger partial charge < -0.3 is 15.2 Å². The number of carbonyl (C=O) groups is 1. The number of hydrogen-bond acceptors (Lipinski definition) is 4. The third kappa shape index (κ3) is 4.69. The minimum atomic E-state index is -0.543. The lowest BCUT2D eigenvalue weighted by Gasteiger charge is -2.11. The molecule has 0 bridgehead atoms. The summed E-state index contributed by atoms with van der Waals surface area (Å²) in [6.45, 7) is 2.65. The molecule has 1 unspecified atom stereocenters. The summed E-state index contributed by atoms with van der Waals surface area (Å²) in [5, 5.41) is 12.9. The van der Waals surface area contributed by atoms with Gasteiger partial charge in [0.25, 0.3) is 0 Å². The Morgan fingerprint density at radius 2 is 2.11 bits per heavy atom. The van der Waals surface area contributed by atoms with Gasteiger partial charge in [0.1, 0.15) is 0 Å². The van der Waals surface area contributed by atoms with Crippen molar-refractivity contribution >= 4 is 5.97 Å². The van der Waals surface area contributed by atoms with Crippen molar-refractivity contribution in [3.63, 3.8) is 0 Å². The van der Waals surface area contributed by atoms with Crippen LogP contribution in [0.2, 0.25) is 0 Å². The van der Waals surface area contributed by atoms with Gasteiger partial charge in [0.05, 0.1) is 13.2 Å². The molecule has 0 saturated heterocycles. The molecule has 0 saturated carbocycles. The maximum atomic E-state index is 11.1. The van der Waals surface area contributed by atoms with Gasteiger partial charge >= 0.3 is 5.97 Å². The van der Waals surface area contributed by atoms with Gasteiger partial charge in [0.2, 0.25) is 0 Å². The smallest absolute Gasteiger partial charge is 0.333 e. The number of methoxy groups -OCH3 is 1. The van der Waals surface area contributed by atoms with E-state index in [0.717, 1.165) is 5.56 Å². The van der Waals surface area contributed by atoms with Gasteiger partial charge in [0.15, 0.2) is 0 Å². The highest BCUT2D eigenvalue weighted by Crippen LogP contribution is 2.10. The fraction of sp³-hybridized carbons (Fsp3) is 0.357. The molecule has 0 spiro atoms. The Bertz CT molecular complexity index is 401. The first kappa shape index (κ1) is 14.4. The molecule has 4 heteroatoms. The Balaban J connectivity index is 2.32. The quantitative estimate of drug-likeness (QED) is 0.455. The summed E-state index contributed by atoms with van der Waals surface area (Å²) < 4.78 is 4.58. The lowest BCUT2D eigenvalue weighted by atomic mass is 10.1. The topological polar surface area (TPSA) is 58.6 Å². The molecule has 0 aromatic heterocycles. The predicted molar refractivity (Wildman–Crippen MR) is 70.0 cm³/mol. The van der Waals surface area contributed by atoms with Crippen molar-refractivity contribution < 1.29 is 14.6 Å². The van der Waals surface area contributed by atoms with E-state index in [-0.39, 0.29) is 5.97 Å². The largest absolute Gasteiger partial charge is 0.466 e. The van der Waals surface area contributed by atoms with Crippen molar-refractivity contribution in [3.05, 3.63) is 47.5 Å². The molecular weight excluding hydrogens is 230 g/mol. The Labute approximate surface area is 107 Å². The average Bonchev–Trinajstić information content (AvgIpc) is 2.43. The summed E-state index contributed by atoms with van der Waals surface area (Å²) in [7, 11) is 1.35. The average molecular weight is 249 g/mol. The molecule has 0 fully saturated rings. The van der Waals surface area contributed by atoms with Crippen molar-refractivity contribution in [2.45, 2.75) is 13.0 Å². The minimum absolute atomic E-state index is 0.333. The highest BCUT2D eigenvalue weighted by molar-refractivity contribution is 5.87. The normalized spacial score (nSPS) is 13.2. The molecule has 0 aliphatic rings. The molecule has 1 atom stereocenters. The number of nitrogens with one attached hydrogen (secondary N) is 1. The number of rotatable bonds is 6. The van der Waals surface area contributed by atoms with Crippen LogP contribution in [0.15, 0.2) is 42.0 Å². The second kappa shape index (κ2) is 7.63. The zero-order valence-corrected chi connectivity index (χ0v) is 10.7. The summed E-state index contributed by atoms with van der Waals surface area (Å²) in [6, 6.07) is 9.44. The van der Waals surface area contributed by atoms with Crippen LogP contribution in [-0.2, 0) is 9.53 Å². The van der Waals surface area contributed by atoms with Crippen molar-refractivity contribution in [1.82, 2.24) is 5.32 Å². The van der Waals surface area contributed by atoms with Crippen LogP contribution in [0.5, 0.6) is 0 Å². The molecule has 18 heavy (non-hydrogen) atoms. The molecule has 0 aliphatic heterocycles. The standard InChI is InChI=1S/C14H19NO3/c1-11(14(17)18-2)8-9-15-10-13(16)12-6-4-3-5-7-12/h3-8,13,15-16H,9-10H2,1-2H3/b11-8+. The van der Waals surface area contributed by atoms with E-state index in [1.807, 2.05) is 30.3 Å². The Kier molecular flexibility index (Phi) is 6.11. The zero-order valence-electron chi connectivity index (χ0n) is 10.7. The van der Waals surface area contributed by atoms with Gasteiger partial charge in [-0.25, -0.2) is 4.79 Å². The molecule has 4 nitrogen and oxygen atoms in total. The van der Waals surface area contributed by atoms with Crippen LogP contribution in [0, 0.1) is 0 Å². The van der Waals surface area contributed by atoms with Gasteiger partial charge in [-0.1, -0.05) is 36.4 Å². The van der Waals surface area contributed by atoms with E-state index < -0.39 is 6.10 Å². The highest BCUT2D eigenvalue weighted by atomic mass is 16.5. The van der Waals surface area contributed by atoms with E-state index in [9.17, 15) is 9.90 Å². The molecule has 1 aromatic rings. The predicted octanol–water partition coefficient (Wildman–Crippen LogP) is 1.43. The van der Waals surface area contributed by atoms with Crippen molar-refractivity contribution in [2.24, 2.45) is 0 Å². The van der Waals surface area contributed by atoms with Crippen molar-refractivity contribution in [3.8, 4) is 0 Å². The van der Waals surface area contributed by atoms with Crippen molar-refractivity contribution in [1.29, 1.82) is 0 Å². The number of aliphatic hydroxyl groups is 1. The van der Waals surface area contributed by atoms with Gasteiger partial charge in [0, 0.05) is 18.7 Å². The number of esters is 1. The SMILES string of the molecule is COC(=O)/C(C)=C/CNCC(O)c1ccccc1. The van der Waals surface area contributed by atoms with Gasteiger partial charge in [-0.3, -0.25) is 0 Å². The molecule has 0 aliphatic carbocycles. The van der Waals surface area contributed by atoms with Gasteiger partial charge in [-0.2, -0.15) is 0 Å². The minimum Gasteiger partial charge on any atom is -0.466 e. The van der Waals surface area contributed by atoms with Crippen LogP contribution >= 0.6 is 0 Å². The van der Waals surface area contributed by atoms with Crippen LogP contribution in [-0.4, -0.2) is 31.3 Å². The molecule has 1 aromatic carbocycles. The Hall–Kier alpha value is -1.65. The van der Waals surface area contributed by atoms with E-state index in [2.05, 4.69) is 10.1 Å². The maximum Gasteiger partial charge on any atom is 0.333 e. The Morgan fingerprint density at radius 1 is 1.44 bits per heavy atom. The summed E-state index contributed by atoms with van der Waals surface area (Å²) in [6.07, 6.45) is 1.20. The second-order valence-corrected chi connectivity index (χ2v) is 3.96. The van der Waals surface area contributed by atoms with E-state index in [4.69, 9.17) is 0 Å². The molecule has 0 radical (unpaired) electrons. The van der Waals surface area contributed by atoms with Crippen LogP contribution < -0.4 is 5.32 Å². The first-order valence-electron chi connectivity index (χ1n) is 5.84. The molecule has 0 heterocycles. The summed E-state index contributed by atoms with van der Waals surface area (Å²) in [4.78, 5) is 11.1. The molecule has 2 N–H and O–H groups in total. The fourth-order valence-electron chi connectivity index (χ4n) is 1.48. The summed E-state index contributed by atoms with van der Waals surface area (Å²) in [5.74, 6) is -0.333. The summed E-state index contributed by atoms with van der Waals surface area (Å²) in [5.41, 5.74) is 1.43. The number of carbonyl (C=O) groups excluding carboxylic acids is 1. The zero-order chi connectivity index (χ0) is 13.4. The molecule has 0 amide bonds. The van der Waals surface area contributed by atoms with Crippen LogP contribution in [0.25, 0.3) is 0 Å². The van der Waals surface area contributed by atoms with Gasteiger partial charge in [-0.15, -0.1) is 0 Å². The van der Waals surface area contributed by atoms with E-state index in [1.54, 1.807) is 13.0 Å². The molecule has 1 rings (SSSR count). The third-order valence-corrected chi connectivity index (χ3v) is 2.58. The first-order valence-corrected chi connectivity index (χ1v) is 5.84.